The molecule has 0 radical (unpaired) electrons. The summed E-state index contributed by atoms with van der Waals surface area (Å²) >= 11 is 0. The molecule has 0 heterocycles. The van der Waals surface area contributed by atoms with E-state index in [-0.39, 0.29) is 23.8 Å². The predicted octanol–water partition coefficient (Wildman–Crippen LogP) is 2.52. The van der Waals surface area contributed by atoms with Gasteiger partial charge in [0.2, 0.25) is 17.7 Å². The van der Waals surface area contributed by atoms with Gasteiger partial charge in [0.1, 0.15) is 5.41 Å². The van der Waals surface area contributed by atoms with Crippen molar-refractivity contribution in [3.05, 3.63) is 24.3 Å². The van der Waals surface area contributed by atoms with E-state index in [1.807, 2.05) is 13.8 Å². The van der Waals surface area contributed by atoms with Gasteiger partial charge < -0.3 is 16.0 Å². The minimum Gasteiger partial charge on any atom is -0.353 e. The minimum atomic E-state index is -1.18. The highest BCUT2D eigenvalue weighted by atomic mass is 16.2. The van der Waals surface area contributed by atoms with Crippen LogP contribution < -0.4 is 16.0 Å². The second-order valence-electron chi connectivity index (χ2n) is 6.12. The predicted molar refractivity (Wildman–Crippen MR) is 91.1 cm³/mol. The molecule has 0 aliphatic carbocycles. The zero-order chi connectivity index (χ0) is 17.6. The lowest BCUT2D eigenvalue weighted by Crippen LogP contribution is -2.47. The van der Waals surface area contributed by atoms with Crippen molar-refractivity contribution in [2.75, 3.05) is 10.6 Å². The first-order valence-electron chi connectivity index (χ1n) is 7.67. The molecule has 0 saturated heterocycles. The van der Waals surface area contributed by atoms with Gasteiger partial charge in [-0.05, 0) is 51.5 Å². The lowest BCUT2D eigenvalue weighted by molar-refractivity contribution is -0.138. The largest absolute Gasteiger partial charge is 0.353 e. The molecule has 126 valence electrons. The van der Waals surface area contributed by atoms with Crippen LogP contribution in [0.4, 0.5) is 11.4 Å². The number of carbonyl (C=O) groups excluding carboxylic acids is 3. The van der Waals surface area contributed by atoms with Crippen LogP contribution >= 0.6 is 0 Å². The van der Waals surface area contributed by atoms with Crippen LogP contribution in [0, 0.1) is 5.41 Å². The lowest BCUT2D eigenvalue weighted by atomic mass is 9.90. The van der Waals surface area contributed by atoms with Crippen LogP contribution in [0.1, 0.15) is 41.0 Å². The third kappa shape index (κ3) is 5.39. The molecule has 0 aliphatic heterocycles. The Kier molecular flexibility index (Phi) is 6.30. The van der Waals surface area contributed by atoms with E-state index in [9.17, 15) is 14.4 Å². The Morgan fingerprint density at radius 2 is 1.48 bits per heavy atom. The fraction of sp³-hybridized carbons (Fsp3) is 0.471. The number of amides is 3. The Balaban J connectivity index is 2.73. The Labute approximate surface area is 137 Å². The molecule has 3 amide bonds. The Morgan fingerprint density at radius 3 is 1.91 bits per heavy atom. The zero-order valence-corrected chi connectivity index (χ0v) is 14.3. The molecule has 0 bridgehead atoms. The van der Waals surface area contributed by atoms with Crippen LogP contribution in [0.3, 0.4) is 0 Å². The number of hydrogen-bond donors (Lipinski definition) is 3. The van der Waals surface area contributed by atoms with Crippen molar-refractivity contribution in [2.45, 2.75) is 47.1 Å². The summed E-state index contributed by atoms with van der Waals surface area (Å²) in [6, 6.07) is 6.73. The highest BCUT2D eigenvalue weighted by Crippen LogP contribution is 2.20. The summed E-state index contributed by atoms with van der Waals surface area (Å²) < 4.78 is 0. The molecule has 1 aromatic rings. The fourth-order valence-corrected chi connectivity index (χ4v) is 1.74. The van der Waals surface area contributed by atoms with Gasteiger partial charge in [0.05, 0.1) is 0 Å². The Hall–Kier alpha value is -2.37. The molecule has 1 rings (SSSR count). The summed E-state index contributed by atoms with van der Waals surface area (Å²) in [4.78, 5) is 35.6. The molecule has 0 aromatic heterocycles. The summed E-state index contributed by atoms with van der Waals surface area (Å²) in [5, 5.41) is 8.19. The molecule has 23 heavy (non-hydrogen) atoms. The smallest absolute Gasteiger partial charge is 0.239 e. The van der Waals surface area contributed by atoms with Gasteiger partial charge in [0, 0.05) is 24.3 Å². The van der Waals surface area contributed by atoms with E-state index in [2.05, 4.69) is 16.0 Å². The van der Waals surface area contributed by atoms with Crippen molar-refractivity contribution < 1.29 is 14.4 Å². The summed E-state index contributed by atoms with van der Waals surface area (Å²) in [6.07, 6.45) is 0.800. The van der Waals surface area contributed by atoms with Crippen molar-refractivity contribution >= 4 is 29.1 Å². The van der Waals surface area contributed by atoms with Gasteiger partial charge in [-0.15, -0.1) is 0 Å². The van der Waals surface area contributed by atoms with Crippen LogP contribution in [0.5, 0.6) is 0 Å². The van der Waals surface area contributed by atoms with Gasteiger partial charge in [0.25, 0.3) is 0 Å². The standard InChI is InChI=1S/C17H25N3O3/c1-6-11(2)18-15(22)17(4,5)16(23)20-14-9-7-13(8-10-14)19-12(3)21/h7-11H,6H2,1-5H3,(H,18,22)(H,19,21)(H,20,23). The zero-order valence-electron chi connectivity index (χ0n) is 14.3. The van der Waals surface area contributed by atoms with E-state index < -0.39 is 5.41 Å². The third-order valence-electron chi connectivity index (χ3n) is 3.59. The fourth-order valence-electron chi connectivity index (χ4n) is 1.74. The summed E-state index contributed by atoms with van der Waals surface area (Å²) in [5.41, 5.74) is 0.0255. The van der Waals surface area contributed by atoms with Crippen LogP contribution in [-0.4, -0.2) is 23.8 Å². The number of carbonyl (C=O) groups is 3. The van der Waals surface area contributed by atoms with Crippen LogP contribution in [0.15, 0.2) is 24.3 Å². The van der Waals surface area contributed by atoms with E-state index in [1.54, 1.807) is 38.1 Å². The highest BCUT2D eigenvalue weighted by molar-refractivity contribution is 6.10. The lowest BCUT2D eigenvalue weighted by Gasteiger charge is -2.24. The number of nitrogens with one attached hydrogen (secondary N) is 3. The molecule has 0 spiro atoms. The van der Waals surface area contributed by atoms with Gasteiger partial charge in [-0.1, -0.05) is 6.92 Å². The van der Waals surface area contributed by atoms with Gasteiger partial charge >= 0.3 is 0 Å². The maximum Gasteiger partial charge on any atom is 0.239 e. The molecular formula is C17H25N3O3. The topological polar surface area (TPSA) is 87.3 Å². The average molecular weight is 319 g/mol. The molecule has 6 nitrogen and oxygen atoms in total. The molecular weight excluding hydrogens is 294 g/mol. The first kappa shape index (κ1) is 18.7. The number of anilines is 2. The van der Waals surface area contributed by atoms with Crippen molar-refractivity contribution in [3.63, 3.8) is 0 Å². The molecule has 6 heteroatoms. The first-order chi connectivity index (χ1) is 10.7. The van der Waals surface area contributed by atoms with Crippen molar-refractivity contribution in [1.29, 1.82) is 0 Å². The van der Waals surface area contributed by atoms with E-state index in [0.29, 0.717) is 11.4 Å². The van der Waals surface area contributed by atoms with Gasteiger partial charge in [0.15, 0.2) is 0 Å². The normalized spacial score (nSPS) is 12.2. The first-order valence-corrected chi connectivity index (χ1v) is 7.67. The maximum atomic E-state index is 12.4. The van der Waals surface area contributed by atoms with Crippen LogP contribution in [-0.2, 0) is 14.4 Å². The highest BCUT2D eigenvalue weighted by Gasteiger charge is 2.36. The molecule has 3 N–H and O–H groups in total. The third-order valence-corrected chi connectivity index (χ3v) is 3.59. The second kappa shape index (κ2) is 7.76. The summed E-state index contributed by atoms with van der Waals surface area (Å²) in [6.45, 7) is 8.47. The molecule has 1 unspecified atom stereocenters. The van der Waals surface area contributed by atoms with E-state index in [0.717, 1.165) is 6.42 Å². The van der Waals surface area contributed by atoms with Crippen molar-refractivity contribution in [2.24, 2.45) is 5.41 Å². The molecule has 0 aliphatic rings. The molecule has 0 saturated carbocycles. The van der Waals surface area contributed by atoms with Crippen LogP contribution in [0.2, 0.25) is 0 Å². The van der Waals surface area contributed by atoms with Gasteiger partial charge in [-0.3, -0.25) is 14.4 Å². The monoisotopic (exact) mass is 319 g/mol. The number of benzene rings is 1. The molecule has 1 atom stereocenters. The minimum absolute atomic E-state index is 0.0199. The summed E-state index contributed by atoms with van der Waals surface area (Å²) in [7, 11) is 0. The molecule has 0 fully saturated rings. The Bertz CT molecular complexity index is 579. The number of hydrogen-bond acceptors (Lipinski definition) is 3. The summed E-state index contributed by atoms with van der Waals surface area (Å²) in [5.74, 6) is -0.852. The van der Waals surface area contributed by atoms with Gasteiger partial charge in [-0.25, -0.2) is 0 Å². The van der Waals surface area contributed by atoms with E-state index in [1.165, 1.54) is 6.92 Å². The molecule has 1 aromatic carbocycles. The Morgan fingerprint density at radius 1 is 1.00 bits per heavy atom. The quantitative estimate of drug-likeness (QED) is 0.704. The van der Waals surface area contributed by atoms with Crippen molar-refractivity contribution in [1.82, 2.24) is 5.32 Å². The van der Waals surface area contributed by atoms with E-state index >= 15 is 0 Å². The average Bonchev–Trinajstić information content (AvgIpc) is 2.48. The number of rotatable bonds is 6. The second-order valence-corrected chi connectivity index (χ2v) is 6.12. The maximum absolute atomic E-state index is 12.4. The SMILES string of the molecule is CCC(C)NC(=O)C(C)(C)C(=O)Nc1ccc(NC(C)=O)cc1. The van der Waals surface area contributed by atoms with Crippen molar-refractivity contribution in [3.8, 4) is 0 Å². The van der Waals surface area contributed by atoms with E-state index in [4.69, 9.17) is 0 Å². The van der Waals surface area contributed by atoms with Gasteiger partial charge in [-0.2, -0.15) is 0 Å². The van der Waals surface area contributed by atoms with Crippen LogP contribution in [0.25, 0.3) is 0 Å².